The molecule has 0 unspecified atom stereocenters. The fourth-order valence-corrected chi connectivity index (χ4v) is 4.08. The van der Waals surface area contributed by atoms with Crippen LogP contribution in [0, 0.1) is 11.8 Å². The van der Waals surface area contributed by atoms with E-state index in [2.05, 4.69) is 47.0 Å². The number of carbonyl (C=O) groups excluding carboxylic acids is 1. The second-order valence-electron chi connectivity index (χ2n) is 7.58. The third-order valence-corrected chi connectivity index (χ3v) is 5.90. The maximum Gasteiger partial charge on any atom is 0.225 e. The molecule has 2 heterocycles. The van der Waals surface area contributed by atoms with Gasteiger partial charge >= 0.3 is 0 Å². The Morgan fingerprint density at radius 1 is 1.28 bits per heavy atom. The van der Waals surface area contributed by atoms with Crippen molar-refractivity contribution >= 4 is 16.9 Å². The molecule has 1 aromatic carbocycles. The predicted octanol–water partition coefficient (Wildman–Crippen LogP) is 2.70. The smallest absolute Gasteiger partial charge is 0.225 e. The number of imidazole rings is 1. The lowest BCUT2D eigenvalue weighted by atomic mass is 9.89. The van der Waals surface area contributed by atoms with Gasteiger partial charge in [0.2, 0.25) is 5.91 Å². The van der Waals surface area contributed by atoms with Gasteiger partial charge in [0.05, 0.1) is 17.6 Å². The number of hydrogen-bond donors (Lipinski definition) is 1. The van der Waals surface area contributed by atoms with Crippen molar-refractivity contribution in [3.8, 4) is 0 Å². The first-order valence-corrected chi connectivity index (χ1v) is 9.60. The Balaban J connectivity index is 1.40. The summed E-state index contributed by atoms with van der Waals surface area (Å²) in [7, 11) is 2.08. The van der Waals surface area contributed by atoms with Gasteiger partial charge in [0.15, 0.2) is 0 Å². The first-order chi connectivity index (χ1) is 12.2. The number of amides is 1. The molecule has 1 aliphatic carbocycles. The van der Waals surface area contributed by atoms with Crippen molar-refractivity contribution in [3.63, 3.8) is 0 Å². The van der Waals surface area contributed by atoms with Gasteiger partial charge in [0.1, 0.15) is 5.82 Å². The van der Waals surface area contributed by atoms with Gasteiger partial charge in [0.25, 0.3) is 0 Å². The van der Waals surface area contributed by atoms with Gasteiger partial charge in [-0.25, -0.2) is 4.98 Å². The number of benzene rings is 1. The molecule has 0 spiro atoms. The summed E-state index contributed by atoms with van der Waals surface area (Å²) in [6.07, 6.45) is 4.34. The number of likely N-dealkylation sites (tertiary alicyclic amines) is 1. The van der Waals surface area contributed by atoms with Crippen LogP contribution in [0.25, 0.3) is 11.0 Å². The van der Waals surface area contributed by atoms with Gasteiger partial charge in [-0.1, -0.05) is 25.5 Å². The minimum atomic E-state index is 0.335. The summed E-state index contributed by atoms with van der Waals surface area (Å²) in [5, 5.41) is 3.72. The molecule has 25 heavy (non-hydrogen) atoms. The number of rotatable bonds is 5. The zero-order valence-electron chi connectivity index (χ0n) is 15.2. The molecule has 2 atom stereocenters. The van der Waals surface area contributed by atoms with Gasteiger partial charge in [-0.05, 0) is 37.3 Å². The largest absolute Gasteiger partial charge is 0.342 e. The highest BCUT2D eigenvalue weighted by Gasteiger charge is 2.37. The normalized spacial score (nSPS) is 24.0. The van der Waals surface area contributed by atoms with Crippen molar-refractivity contribution in [2.24, 2.45) is 18.9 Å². The molecule has 0 bridgehead atoms. The van der Waals surface area contributed by atoms with Crippen LogP contribution >= 0.6 is 0 Å². The molecule has 2 fully saturated rings. The Morgan fingerprint density at radius 3 is 2.80 bits per heavy atom. The number of para-hydroxylation sites is 2. The topological polar surface area (TPSA) is 50.2 Å². The maximum atomic E-state index is 12.3. The number of nitrogens with one attached hydrogen (secondary N) is 1. The summed E-state index contributed by atoms with van der Waals surface area (Å²) >= 11 is 0. The SMILES string of the molecule is CC[C@@H]1CN(C(=O)C2CC2)CC[C@H]1NCc1nc2ccccc2n1C. The third-order valence-electron chi connectivity index (χ3n) is 5.90. The Hall–Kier alpha value is -1.88. The fourth-order valence-electron chi connectivity index (χ4n) is 4.08. The van der Waals surface area contributed by atoms with Crippen LogP contribution in [0.1, 0.15) is 38.4 Å². The molecule has 1 aromatic heterocycles. The van der Waals surface area contributed by atoms with Crippen LogP contribution in [0.4, 0.5) is 0 Å². The zero-order chi connectivity index (χ0) is 17.4. The molecule has 0 radical (unpaired) electrons. The van der Waals surface area contributed by atoms with E-state index in [4.69, 9.17) is 4.98 Å². The van der Waals surface area contributed by atoms with Gasteiger partial charge in [-0.15, -0.1) is 0 Å². The van der Waals surface area contributed by atoms with Crippen molar-refractivity contribution in [1.29, 1.82) is 0 Å². The van der Waals surface area contributed by atoms with Crippen molar-refractivity contribution in [3.05, 3.63) is 30.1 Å². The second kappa shape index (κ2) is 6.79. The molecule has 5 heteroatoms. The van der Waals surface area contributed by atoms with E-state index in [-0.39, 0.29) is 0 Å². The van der Waals surface area contributed by atoms with E-state index < -0.39 is 0 Å². The van der Waals surface area contributed by atoms with Crippen molar-refractivity contribution in [1.82, 2.24) is 19.8 Å². The standard InChI is InChI=1S/C20H28N4O/c1-3-14-13-24(20(25)15-8-9-15)11-10-16(14)21-12-19-22-17-6-4-5-7-18(17)23(19)2/h4-7,14-16,21H,3,8-13H2,1-2H3/t14-,16-/m1/s1. The van der Waals surface area contributed by atoms with E-state index in [0.717, 1.165) is 56.7 Å². The van der Waals surface area contributed by atoms with Crippen LogP contribution in [0.2, 0.25) is 0 Å². The highest BCUT2D eigenvalue weighted by Crippen LogP contribution is 2.33. The molecule has 2 aliphatic rings. The molecule has 1 N–H and O–H groups in total. The summed E-state index contributed by atoms with van der Waals surface area (Å²) in [4.78, 5) is 19.2. The highest BCUT2D eigenvalue weighted by molar-refractivity contribution is 5.81. The monoisotopic (exact) mass is 340 g/mol. The summed E-state index contributed by atoms with van der Waals surface area (Å²) in [6.45, 7) is 4.82. The first kappa shape index (κ1) is 16.6. The average Bonchev–Trinajstić information content (AvgIpc) is 3.44. The Kier molecular flexibility index (Phi) is 4.50. The second-order valence-corrected chi connectivity index (χ2v) is 7.58. The zero-order valence-corrected chi connectivity index (χ0v) is 15.2. The lowest BCUT2D eigenvalue weighted by molar-refractivity contribution is -0.134. The average molecular weight is 340 g/mol. The minimum Gasteiger partial charge on any atom is -0.342 e. The first-order valence-electron chi connectivity index (χ1n) is 9.60. The van der Waals surface area contributed by atoms with E-state index in [9.17, 15) is 4.79 Å². The summed E-state index contributed by atoms with van der Waals surface area (Å²) in [5.74, 6) is 2.34. The molecule has 134 valence electrons. The van der Waals surface area contributed by atoms with E-state index >= 15 is 0 Å². The molecule has 1 saturated heterocycles. The molecule has 2 aromatic rings. The van der Waals surface area contributed by atoms with Crippen LogP contribution in [-0.2, 0) is 18.4 Å². The van der Waals surface area contributed by atoms with Gasteiger partial charge in [0, 0.05) is 32.1 Å². The summed E-state index contributed by atoms with van der Waals surface area (Å²) in [6, 6.07) is 8.74. The predicted molar refractivity (Wildman–Crippen MR) is 99.0 cm³/mol. The molecule has 4 rings (SSSR count). The van der Waals surface area contributed by atoms with E-state index in [1.807, 2.05) is 6.07 Å². The fraction of sp³-hybridized carbons (Fsp3) is 0.600. The van der Waals surface area contributed by atoms with Gasteiger partial charge in [-0.3, -0.25) is 4.79 Å². The number of aryl methyl sites for hydroxylation is 1. The molecule has 5 nitrogen and oxygen atoms in total. The number of fused-ring (bicyclic) bond motifs is 1. The molecular weight excluding hydrogens is 312 g/mol. The Morgan fingerprint density at radius 2 is 2.08 bits per heavy atom. The number of hydrogen-bond acceptors (Lipinski definition) is 3. The van der Waals surface area contributed by atoms with E-state index in [1.165, 1.54) is 5.52 Å². The quantitative estimate of drug-likeness (QED) is 0.910. The highest BCUT2D eigenvalue weighted by atomic mass is 16.2. The number of aromatic nitrogens is 2. The lowest BCUT2D eigenvalue weighted by Gasteiger charge is -2.39. The van der Waals surface area contributed by atoms with Crippen molar-refractivity contribution < 1.29 is 4.79 Å². The third kappa shape index (κ3) is 3.30. The van der Waals surface area contributed by atoms with Gasteiger partial charge in [-0.2, -0.15) is 0 Å². The van der Waals surface area contributed by atoms with Gasteiger partial charge < -0.3 is 14.8 Å². The van der Waals surface area contributed by atoms with Crippen LogP contribution < -0.4 is 5.32 Å². The summed E-state index contributed by atoms with van der Waals surface area (Å²) < 4.78 is 2.18. The molecule has 1 aliphatic heterocycles. The Bertz CT molecular complexity index is 764. The summed E-state index contributed by atoms with van der Waals surface area (Å²) in [5.41, 5.74) is 2.23. The number of nitrogens with zero attached hydrogens (tertiary/aromatic N) is 3. The molecular formula is C20H28N4O. The Labute approximate surface area is 149 Å². The van der Waals surface area contributed by atoms with E-state index in [1.54, 1.807) is 0 Å². The maximum absolute atomic E-state index is 12.3. The van der Waals surface area contributed by atoms with Crippen LogP contribution in [0.3, 0.4) is 0 Å². The van der Waals surface area contributed by atoms with Crippen molar-refractivity contribution in [2.75, 3.05) is 13.1 Å². The number of carbonyl (C=O) groups is 1. The van der Waals surface area contributed by atoms with Crippen LogP contribution in [0.15, 0.2) is 24.3 Å². The van der Waals surface area contributed by atoms with E-state index in [0.29, 0.717) is 23.8 Å². The molecule has 1 amide bonds. The number of piperidine rings is 1. The van der Waals surface area contributed by atoms with Crippen LogP contribution in [0.5, 0.6) is 0 Å². The lowest BCUT2D eigenvalue weighted by Crippen LogP contribution is -2.51. The minimum absolute atomic E-state index is 0.335. The van der Waals surface area contributed by atoms with Crippen molar-refractivity contribution in [2.45, 2.75) is 45.2 Å². The molecule has 1 saturated carbocycles. The van der Waals surface area contributed by atoms with Crippen LogP contribution in [-0.4, -0.2) is 39.5 Å².